The van der Waals surface area contributed by atoms with Gasteiger partial charge in [0.05, 0.1) is 18.2 Å². The summed E-state index contributed by atoms with van der Waals surface area (Å²) in [7, 11) is 1.59. The topological polar surface area (TPSA) is 101 Å². The van der Waals surface area contributed by atoms with Gasteiger partial charge in [-0.15, -0.1) is 0 Å². The smallest absolute Gasteiger partial charge is 0.261 e. The van der Waals surface area contributed by atoms with E-state index in [1.54, 1.807) is 31.3 Å². The van der Waals surface area contributed by atoms with Crippen molar-refractivity contribution in [3.8, 4) is 22.9 Å². The second-order valence-corrected chi connectivity index (χ2v) is 7.76. The maximum atomic E-state index is 14.0. The number of aliphatic imine (C=N–C) groups is 1. The Kier molecular flexibility index (Phi) is 5.38. The third kappa shape index (κ3) is 3.62. The first-order valence-corrected chi connectivity index (χ1v) is 10.1. The molecule has 0 saturated carbocycles. The summed E-state index contributed by atoms with van der Waals surface area (Å²) in [6.45, 7) is 2.95. The highest BCUT2D eigenvalue weighted by Crippen LogP contribution is 2.47. The highest BCUT2D eigenvalue weighted by molar-refractivity contribution is 6.07. The summed E-state index contributed by atoms with van der Waals surface area (Å²) in [5.41, 5.74) is 6.73. The molecule has 0 unspecified atom stereocenters. The highest BCUT2D eigenvalue weighted by atomic mass is 19.1. The Labute approximate surface area is 179 Å². The number of carbonyl (C=O) groups excluding carboxylic acids is 1. The van der Waals surface area contributed by atoms with Crippen molar-refractivity contribution in [1.82, 2.24) is 4.90 Å². The van der Waals surface area contributed by atoms with Crippen LogP contribution in [0.1, 0.15) is 30.9 Å². The van der Waals surface area contributed by atoms with E-state index in [0.29, 0.717) is 35.7 Å². The number of hydrogen-bond donors (Lipinski definition) is 1. The van der Waals surface area contributed by atoms with E-state index in [4.69, 9.17) is 15.2 Å². The number of nitriles is 1. The van der Waals surface area contributed by atoms with E-state index in [1.807, 2.05) is 13.0 Å². The van der Waals surface area contributed by atoms with Gasteiger partial charge in [-0.05, 0) is 47.9 Å². The van der Waals surface area contributed by atoms with Gasteiger partial charge in [0, 0.05) is 25.6 Å². The number of hydrogen-bond acceptors (Lipinski definition) is 6. The molecule has 1 spiro atoms. The van der Waals surface area contributed by atoms with Crippen molar-refractivity contribution in [3.63, 3.8) is 0 Å². The van der Waals surface area contributed by atoms with Gasteiger partial charge in [0.2, 0.25) is 0 Å². The minimum atomic E-state index is -1.23. The Hall–Kier alpha value is -3.44. The summed E-state index contributed by atoms with van der Waals surface area (Å²) in [6, 6.07) is 11.4. The molecule has 0 radical (unpaired) electrons. The molecule has 2 aromatic rings. The summed E-state index contributed by atoms with van der Waals surface area (Å²) >= 11 is 0. The Balaban J connectivity index is 1.81. The molecular weight excluding hydrogens is 399 g/mol. The van der Waals surface area contributed by atoms with Gasteiger partial charge < -0.3 is 15.2 Å². The van der Waals surface area contributed by atoms with Gasteiger partial charge in [-0.2, -0.15) is 5.26 Å². The molecule has 8 heteroatoms. The van der Waals surface area contributed by atoms with Gasteiger partial charge in [0.25, 0.3) is 5.91 Å². The van der Waals surface area contributed by atoms with Gasteiger partial charge in [-0.3, -0.25) is 9.69 Å². The van der Waals surface area contributed by atoms with E-state index in [0.717, 1.165) is 6.42 Å². The Bertz CT molecular complexity index is 1110. The van der Waals surface area contributed by atoms with E-state index in [9.17, 15) is 14.4 Å². The van der Waals surface area contributed by atoms with Crippen LogP contribution in [0, 0.1) is 17.1 Å². The molecule has 1 amide bonds. The second-order valence-electron chi connectivity index (χ2n) is 7.76. The molecule has 2 aliphatic heterocycles. The number of nitrogens with zero attached hydrogens (tertiary/aromatic N) is 3. The summed E-state index contributed by atoms with van der Waals surface area (Å²) in [6.07, 6.45) is 0.795. The molecule has 0 aromatic heterocycles. The van der Waals surface area contributed by atoms with Crippen molar-refractivity contribution in [2.45, 2.75) is 31.4 Å². The maximum Gasteiger partial charge on any atom is 0.261 e. The van der Waals surface area contributed by atoms with Gasteiger partial charge in [-0.25, -0.2) is 9.38 Å². The molecular formula is C23H23FN4O3. The van der Waals surface area contributed by atoms with Crippen LogP contribution in [0.15, 0.2) is 41.4 Å². The predicted molar refractivity (Wildman–Crippen MR) is 113 cm³/mol. The number of halogens is 1. The van der Waals surface area contributed by atoms with Crippen LogP contribution in [0.4, 0.5) is 4.39 Å². The fraction of sp³-hybridized carbons (Fsp3) is 0.348. The van der Waals surface area contributed by atoms with Crippen molar-refractivity contribution in [3.05, 3.63) is 53.3 Å². The largest absolute Gasteiger partial charge is 0.488 e. The zero-order chi connectivity index (χ0) is 22.2. The fourth-order valence-corrected chi connectivity index (χ4v) is 4.08. The number of benzene rings is 2. The third-order valence-electron chi connectivity index (χ3n) is 5.56. The predicted octanol–water partition coefficient (Wildman–Crippen LogP) is 2.92. The summed E-state index contributed by atoms with van der Waals surface area (Å²) in [4.78, 5) is 19.2. The van der Waals surface area contributed by atoms with Crippen LogP contribution in [-0.4, -0.2) is 43.1 Å². The van der Waals surface area contributed by atoms with Crippen LogP contribution in [0.5, 0.6) is 5.75 Å². The SMILES string of the molecule is CCCOC[C@@H]1C[C@]2(N=C(N)N(C)C2=O)c2cc(-c3cc(F)cc(C#N)c3)ccc2O1. The molecule has 2 aromatic carbocycles. The van der Waals surface area contributed by atoms with Crippen molar-refractivity contribution in [1.29, 1.82) is 5.26 Å². The van der Waals surface area contributed by atoms with Crippen LogP contribution in [0.25, 0.3) is 11.1 Å². The molecule has 0 fully saturated rings. The number of fused-ring (bicyclic) bond motifs is 2. The van der Waals surface area contributed by atoms with Gasteiger partial charge >= 0.3 is 0 Å². The van der Waals surface area contributed by atoms with E-state index in [2.05, 4.69) is 4.99 Å². The Morgan fingerprint density at radius 1 is 1.35 bits per heavy atom. The Morgan fingerprint density at radius 2 is 2.16 bits per heavy atom. The van der Waals surface area contributed by atoms with Crippen LogP contribution >= 0.6 is 0 Å². The number of likely N-dealkylation sites (N-methyl/N-ethyl adjacent to an activating group) is 1. The standard InChI is InChI=1S/C23H23FN4O3/c1-3-6-30-13-18-11-23(21(29)28(2)22(26)27-23)19-10-15(4-5-20(19)31-18)16-7-14(12-25)8-17(24)9-16/h4-5,7-10,18H,3,6,11,13H2,1-2H3,(H2,26,27)/t18-,23-/m0/s1. The number of nitrogens with two attached hydrogens (primary N) is 1. The molecule has 7 nitrogen and oxygen atoms in total. The number of rotatable bonds is 5. The zero-order valence-corrected chi connectivity index (χ0v) is 17.4. The zero-order valence-electron chi connectivity index (χ0n) is 17.4. The number of amides is 1. The van der Waals surface area contributed by atoms with Crippen molar-refractivity contribution >= 4 is 11.9 Å². The van der Waals surface area contributed by atoms with Crippen LogP contribution in [0.2, 0.25) is 0 Å². The lowest BCUT2D eigenvalue weighted by Gasteiger charge is -2.36. The summed E-state index contributed by atoms with van der Waals surface area (Å²) in [5, 5.41) is 9.17. The molecule has 0 aliphatic carbocycles. The first-order chi connectivity index (χ1) is 14.9. The third-order valence-corrected chi connectivity index (χ3v) is 5.56. The molecule has 2 heterocycles. The van der Waals surface area contributed by atoms with Crippen molar-refractivity contribution < 1.29 is 18.7 Å². The van der Waals surface area contributed by atoms with E-state index in [1.165, 1.54) is 17.0 Å². The number of ether oxygens (including phenoxy) is 2. The Morgan fingerprint density at radius 3 is 2.84 bits per heavy atom. The normalized spacial score (nSPS) is 22.1. The molecule has 160 valence electrons. The minimum absolute atomic E-state index is 0.133. The van der Waals surface area contributed by atoms with Crippen molar-refractivity contribution in [2.75, 3.05) is 20.3 Å². The second kappa shape index (κ2) is 8.00. The lowest BCUT2D eigenvalue weighted by Crippen LogP contribution is -2.46. The van der Waals surface area contributed by atoms with Crippen LogP contribution < -0.4 is 10.5 Å². The number of carbonyl (C=O) groups is 1. The van der Waals surface area contributed by atoms with E-state index >= 15 is 0 Å². The monoisotopic (exact) mass is 422 g/mol. The van der Waals surface area contributed by atoms with Gasteiger partial charge in [0.15, 0.2) is 11.5 Å². The average Bonchev–Trinajstić information content (AvgIpc) is 2.97. The van der Waals surface area contributed by atoms with E-state index in [-0.39, 0.29) is 30.0 Å². The van der Waals surface area contributed by atoms with Gasteiger partial charge in [0.1, 0.15) is 17.7 Å². The first-order valence-electron chi connectivity index (χ1n) is 10.1. The van der Waals surface area contributed by atoms with Crippen molar-refractivity contribution in [2.24, 2.45) is 10.7 Å². The minimum Gasteiger partial charge on any atom is -0.488 e. The highest BCUT2D eigenvalue weighted by Gasteiger charge is 2.53. The molecule has 2 atom stereocenters. The molecule has 0 bridgehead atoms. The first kappa shape index (κ1) is 20.8. The average molecular weight is 422 g/mol. The maximum absolute atomic E-state index is 14.0. The molecule has 31 heavy (non-hydrogen) atoms. The molecule has 0 saturated heterocycles. The van der Waals surface area contributed by atoms with Crippen LogP contribution in [-0.2, 0) is 15.1 Å². The molecule has 2 N–H and O–H groups in total. The fourth-order valence-electron chi connectivity index (χ4n) is 4.08. The lowest BCUT2D eigenvalue weighted by molar-refractivity contribution is -0.132. The lowest BCUT2D eigenvalue weighted by atomic mass is 9.80. The van der Waals surface area contributed by atoms with Gasteiger partial charge in [-0.1, -0.05) is 13.0 Å². The van der Waals surface area contributed by atoms with E-state index < -0.39 is 11.4 Å². The quantitative estimate of drug-likeness (QED) is 0.747. The summed E-state index contributed by atoms with van der Waals surface area (Å²) in [5.74, 6) is -0.111. The van der Waals surface area contributed by atoms with Crippen LogP contribution in [0.3, 0.4) is 0 Å². The number of guanidine groups is 1. The molecule has 2 aliphatic rings. The molecule has 4 rings (SSSR count). The summed E-state index contributed by atoms with van der Waals surface area (Å²) < 4.78 is 25.8.